The number of rotatable bonds is 1. The molecule has 0 amide bonds. The second-order valence-electron chi connectivity index (χ2n) is 2.72. The Balaban J connectivity index is 3.29. The molecule has 60 valence electrons. The highest BCUT2D eigenvalue weighted by Gasteiger charge is 2.10. The summed E-state index contributed by atoms with van der Waals surface area (Å²) in [6.45, 7) is 5.39. The maximum Gasteiger partial charge on any atom is 0.195 e. The molecule has 11 heavy (non-hydrogen) atoms. The second kappa shape index (κ2) is 2.49. The number of carbonyl (C=O) groups is 1. The summed E-state index contributed by atoms with van der Waals surface area (Å²) in [6, 6.07) is 0. The molecule has 0 radical (unpaired) electrons. The first kappa shape index (κ1) is 7.98. The van der Waals surface area contributed by atoms with Gasteiger partial charge in [-0.2, -0.15) is 0 Å². The largest absolute Gasteiger partial charge is 0.329 e. The Morgan fingerprint density at radius 1 is 1.45 bits per heavy atom. The van der Waals surface area contributed by atoms with Crippen molar-refractivity contribution in [3.8, 4) is 0 Å². The molecule has 0 bridgehead atoms. The molecule has 0 fully saturated rings. The van der Waals surface area contributed by atoms with E-state index in [9.17, 15) is 4.79 Å². The smallest absolute Gasteiger partial charge is 0.195 e. The van der Waals surface area contributed by atoms with Crippen LogP contribution in [-0.2, 0) is 7.05 Å². The minimum atomic E-state index is 0.0173. The topological polar surface area (TPSA) is 34.9 Å². The summed E-state index contributed by atoms with van der Waals surface area (Å²) in [7, 11) is 1.85. The summed E-state index contributed by atoms with van der Waals surface area (Å²) in [5.74, 6) is 0.559. The lowest BCUT2D eigenvalue weighted by Crippen LogP contribution is -2.03. The number of ketones is 1. The van der Waals surface area contributed by atoms with Crippen molar-refractivity contribution in [3.63, 3.8) is 0 Å². The zero-order valence-corrected chi connectivity index (χ0v) is 7.30. The standard InChI is InChI=1S/C8H12N2O/c1-5-6(2)10(4)8(9-5)7(3)11/h1-4H3. The van der Waals surface area contributed by atoms with Gasteiger partial charge in [-0.05, 0) is 13.8 Å². The average Bonchev–Trinajstić information content (AvgIpc) is 2.17. The Hall–Kier alpha value is -1.12. The fraction of sp³-hybridized carbons (Fsp3) is 0.500. The molecule has 0 N–H and O–H groups in total. The van der Waals surface area contributed by atoms with Crippen molar-refractivity contribution in [2.45, 2.75) is 20.8 Å². The number of aromatic nitrogens is 2. The Kier molecular flexibility index (Phi) is 1.81. The van der Waals surface area contributed by atoms with Gasteiger partial charge in [0.25, 0.3) is 0 Å². The van der Waals surface area contributed by atoms with Gasteiger partial charge in [0.05, 0.1) is 5.69 Å². The van der Waals surface area contributed by atoms with Crippen LogP contribution < -0.4 is 0 Å². The molecule has 0 aliphatic rings. The lowest BCUT2D eigenvalue weighted by atomic mass is 10.4. The van der Waals surface area contributed by atoms with Gasteiger partial charge >= 0.3 is 0 Å². The van der Waals surface area contributed by atoms with Crippen LogP contribution in [0.5, 0.6) is 0 Å². The van der Waals surface area contributed by atoms with Crippen LogP contribution >= 0.6 is 0 Å². The summed E-state index contributed by atoms with van der Waals surface area (Å²) in [4.78, 5) is 15.1. The Labute approximate surface area is 66.1 Å². The first-order valence-electron chi connectivity index (χ1n) is 3.55. The molecular weight excluding hydrogens is 140 g/mol. The predicted molar refractivity (Wildman–Crippen MR) is 42.7 cm³/mol. The fourth-order valence-electron chi connectivity index (χ4n) is 1.03. The van der Waals surface area contributed by atoms with Crippen molar-refractivity contribution in [1.82, 2.24) is 9.55 Å². The van der Waals surface area contributed by atoms with Crippen LogP contribution in [0, 0.1) is 13.8 Å². The molecule has 0 aromatic carbocycles. The Morgan fingerprint density at radius 2 is 2.00 bits per heavy atom. The summed E-state index contributed by atoms with van der Waals surface area (Å²) in [5.41, 5.74) is 1.98. The van der Waals surface area contributed by atoms with E-state index >= 15 is 0 Å². The van der Waals surface area contributed by atoms with Crippen molar-refractivity contribution in [2.75, 3.05) is 0 Å². The van der Waals surface area contributed by atoms with Gasteiger partial charge in [-0.1, -0.05) is 0 Å². The molecule has 0 aliphatic carbocycles. The van der Waals surface area contributed by atoms with E-state index in [1.165, 1.54) is 6.92 Å². The van der Waals surface area contributed by atoms with E-state index in [1.807, 2.05) is 25.5 Å². The summed E-state index contributed by atoms with van der Waals surface area (Å²) >= 11 is 0. The van der Waals surface area contributed by atoms with Crippen LogP contribution in [0.3, 0.4) is 0 Å². The number of Topliss-reactive ketones (excluding diaryl/α,β-unsaturated/α-hetero) is 1. The third-order valence-electron chi connectivity index (χ3n) is 1.93. The molecule has 0 aliphatic heterocycles. The zero-order chi connectivity index (χ0) is 8.59. The van der Waals surface area contributed by atoms with Crippen LogP contribution in [-0.4, -0.2) is 15.3 Å². The highest BCUT2D eigenvalue weighted by molar-refractivity contribution is 5.90. The molecule has 0 saturated carbocycles. The number of imidazole rings is 1. The third-order valence-corrected chi connectivity index (χ3v) is 1.93. The van der Waals surface area contributed by atoms with Crippen molar-refractivity contribution >= 4 is 5.78 Å². The summed E-state index contributed by atoms with van der Waals surface area (Å²) < 4.78 is 1.82. The minimum absolute atomic E-state index is 0.0173. The van der Waals surface area contributed by atoms with Crippen LogP contribution in [0.1, 0.15) is 28.9 Å². The molecule has 3 nitrogen and oxygen atoms in total. The molecule has 1 heterocycles. The normalized spacial score (nSPS) is 10.2. The van der Waals surface area contributed by atoms with Gasteiger partial charge < -0.3 is 4.57 Å². The minimum Gasteiger partial charge on any atom is -0.329 e. The van der Waals surface area contributed by atoms with Crippen molar-refractivity contribution in [1.29, 1.82) is 0 Å². The highest BCUT2D eigenvalue weighted by atomic mass is 16.1. The maximum atomic E-state index is 10.9. The van der Waals surface area contributed by atoms with E-state index in [0.29, 0.717) is 5.82 Å². The molecular formula is C8H12N2O. The highest BCUT2D eigenvalue weighted by Crippen LogP contribution is 2.07. The van der Waals surface area contributed by atoms with Crippen molar-refractivity contribution in [3.05, 3.63) is 17.2 Å². The lowest BCUT2D eigenvalue weighted by Gasteiger charge is -1.97. The molecule has 1 rings (SSSR count). The number of hydrogen-bond acceptors (Lipinski definition) is 2. The lowest BCUT2D eigenvalue weighted by molar-refractivity contribution is 0.100. The van der Waals surface area contributed by atoms with Gasteiger partial charge in [0.15, 0.2) is 11.6 Å². The summed E-state index contributed by atoms with van der Waals surface area (Å²) in [6.07, 6.45) is 0. The van der Waals surface area contributed by atoms with Crippen LogP contribution in [0.15, 0.2) is 0 Å². The SMILES string of the molecule is CC(=O)c1nc(C)c(C)n1C. The Bertz CT molecular complexity index is 299. The Morgan fingerprint density at radius 3 is 2.18 bits per heavy atom. The van der Waals surface area contributed by atoms with Crippen LogP contribution in [0.4, 0.5) is 0 Å². The van der Waals surface area contributed by atoms with Gasteiger partial charge in [0, 0.05) is 19.7 Å². The van der Waals surface area contributed by atoms with Crippen molar-refractivity contribution in [2.24, 2.45) is 7.05 Å². The predicted octanol–water partition coefficient (Wildman–Crippen LogP) is 1.24. The zero-order valence-electron chi connectivity index (χ0n) is 7.30. The number of aryl methyl sites for hydroxylation is 1. The van der Waals surface area contributed by atoms with Gasteiger partial charge in [0.1, 0.15) is 0 Å². The van der Waals surface area contributed by atoms with Gasteiger partial charge in [-0.25, -0.2) is 4.98 Å². The maximum absolute atomic E-state index is 10.9. The molecule has 0 saturated heterocycles. The molecule has 1 aromatic heterocycles. The van der Waals surface area contributed by atoms with Gasteiger partial charge in [0.2, 0.25) is 0 Å². The van der Waals surface area contributed by atoms with E-state index in [4.69, 9.17) is 0 Å². The van der Waals surface area contributed by atoms with Gasteiger partial charge in [-0.3, -0.25) is 4.79 Å². The quantitative estimate of drug-likeness (QED) is 0.567. The van der Waals surface area contributed by atoms with Crippen molar-refractivity contribution < 1.29 is 4.79 Å². The first-order valence-corrected chi connectivity index (χ1v) is 3.55. The monoisotopic (exact) mass is 152 g/mol. The number of hydrogen-bond donors (Lipinski definition) is 0. The number of carbonyl (C=O) groups excluding carboxylic acids is 1. The average molecular weight is 152 g/mol. The number of nitrogens with zero attached hydrogens (tertiary/aromatic N) is 2. The van der Waals surface area contributed by atoms with Gasteiger partial charge in [-0.15, -0.1) is 0 Å². The van der Waals surface area contributed by atoms with Crippen LogP contribution in [0.25, 0.3) is 0 Å². The fourth-order valence-corrected chi connectivity index (χ4v) is 1.03. The first-order chi connectivity index (χ1) is 5.04. The van der Waals surface area contributed by atoms with Crippen LogP contribution in [0.2, 0.25) is 0 Å². The van der Waals surface area contributed by atoms with E-state index < -0.39 is 0 Å². The molecule has 3 heteroatoms. The van der Waals surface area contributed by atoms with E-state index in [0.717, 1.165) is 11.4 Å². The summed E-state index contributed by atoms with van der Waals surface area (Å²) in [5, 5.41) is 0. The van der Waals surface area contributed by atoms with E-state index in [2.05, 4.69) is 4.98 Å². The van der Waals surface area contributed by atoms with E-state index in [1.54, 1.807) is 0 Å². The third kappa shape index (κ3) is 1.18. The molecule has 0 unspecified atom stereocenters. The molecule has 1 aromatic rings. The van der Waals surface area contributed by atoms with E-state index in [-0.39, 0.29) is 5.78 Å². The molecule has 0 spiro atoms. The molecule has 0 atom stereocenters. The second-order valence-corrected chi connectivity index (χ2v) is 2.72.